The minimum atomic E-state index is 0.182. The van der Waals surface area contributed by atoms with Gasteiger partial charge < -0.3 is 10.1 Å². The summed E-state index contributed by atoms with van der Waals surface area (Å²) in [5, 5.41) is 3.51. The van der Waals surface area contributed by atoms with Crippen molar-refractivity contribution in [2.75, 3.05) is 13.2 Å². The summed E-state index contributed by atoms with van der Waals surface area (Å²) in [5.41, 5.74) is 0.182. The van der Waals surface area contributed by atoms with Crippen LogP contribution in [-0.2, 0) is 4.74 Å². The van der Waals surface area contributed by atoms with Gasteiger partial charge in [-0.1, -0.05) is 27.2 Å². The molecule has 15 heavy (non-hydrogen) atoms. The van der Waals surface area contributed by atoms with Gasteiger partial charge in [0, 0.05) is 18.7 Å². The Balaban J connectivity index is 3.84. The molecule has 0 amide bonds. The van der Waals surface area contributed by atoms with Crippen LogP contribution in [0.5, 0.6) is 0 Å². The van der Waals surface area contributed by atoms with Crippen molar-refractivity contribution in [3.05, 3.63) is 0 Å². The Morgan fingerprint density at radius 1 is 1.20 bits per heavy atom. The molecule has 0 aliphatic heterocycles. The second-order valence-electron chi connectivity index (χ2n) is 5.64. The van der Waals surface area contributed by atoms with Gasteiger partial charge in [-0.05, 0) is 33.1 Å². The van der Waals surface area contributed by atoms with Crippen LogP contribution in [0.2, 0.25) is 0 Å². The van der Waals surface area contributed by atoms with E-state index in [1.165, 1.54) is 12.8 Å². The first-order valence-electron chi connectivity index (χ1n) is 6.23. The van der Waals surface area contributed by atoms with E-state index in [1.807, 2.05) is 0 Å². The van der Waals surface area contributed by atoms with E-state index in [9.17, 15) is 0 Å². The van der Waals surface area contributed by atoms with E-state index in [0.29, 0.717) is 12.0 Å². The molecule has 1 atom stereocenters. The fraction of sp³-hybridized carbons (Fsp3) is 1.00. The molecule has 0 radical (unpaired) electrons. The Morgan fingerprint density at radius 3 is 2.20 bits per heavy atom. The lowest BCUT2D eigenvalue weighted by Crippen LogP contribution is -2.43. The monoisotopic (exact) mass is 215 g/mol. The molecule has 0 spiro atoms. The zero-order valence-electron chi connectivity index (χ0n) is 11.4. The van der Waals surface area contributed by atoms with Crippen LogP contribution in [0.1, 0.15) is 54.4 Å². The second kappa shape index (κ2) is 7.24. The average Bonchev–Trinajstić information content (AvgIpc) is 2.08. The molecule has 0 aromatic heterocycles. The van der Waals surface area contributed by atoms with Gasteiger partial charge in [0.1, 0.15) is 0 Å². The highest BCUT2D eigenvalue weighted by Gasteiger charge is 2.17. The Labute approximate surface area is 95.8 Å². The first-order valence-corrected chi connectivity index (χ1v) is 6.23. The first kappa shape index (κ1) is 14.9. The maximum absolute atomic E-state index is 5.88. The van der Waals surface area contributed by atoms with Gasteiger partial charge >= 0.3 is 0 Å². The van der Waals surface area contributed by atoms with Crippen molar-refractivity contribution in [2.24, 2.45) is 5.92 Å². The predicted molar refractivity (Wildman–Crippen MR) is 67.2 cm³/mol. The Hall–Kier alpha value is -0.0800. The highest BCUT2D eigenvalue weighted by Crippen LogP contribution is 2.09. The molecule has 92 valence electrons. The lowest BCUT2D eigenvalue weighted by molar-refractivity contribution is 0.0177. The molecule has 0 bridgehead atoms. The van der Waals surface area contributed by atoms with Crippen molar-refractivity contribution in [1.29, 1.82) is 0 Å². The maximum Gasteiger partial charge on any atom is 0.0722 e. The lowest BCUT2D eigenvalue weighted by Gasteiger charge is -2.27. The number of hydrogen-bond acceptors (Lipinski definition) is 2. The van der Waals surface area contributed by atoms with Crippen molar-refractivity contribution in [1.82, 2.24) is 5.32 Å². The summed E-state index contributed by atoms with van der Waals surface area (Å²) < 4.78 is 5.88. The third kappa shape index (κ3) is 8.88. The number of ether oxygens (including phenoxy) is 1. The Bertz CT molecular complexity index is 149. The summed E-state index contributed by atoms with van der Waals surface area (Å²) in [5.74, 6) is 0.580. The van der Waals surface area contributed by atoms with Crippen LogP contribution in [0.25, 0.3) is 0 Å². The minimum Gasteiger partial charge on any atom is -0.377 e. The van der Waals surface area contributed by atoms with E-state index in [0.717, 1.165) is 13.2 Å². The molecule has 2 heteroatoms. The summed E-state index contributed by atoms with van der Waals surface area (Å²) in [6, 6.07) is 0. The van der Waals surface area contributed by atoms with Crippen LogP contribution >= 0.6 is 0 Å². The summed E-state index contributed by atoms with van der Waals surface area (Å²) in [6.07, 6.45) is 2.71. The van der Waals surface area contributed by atoms with Gasteiger partial charge in [0.2, 0.25) is 0 Å². The predicted octanol–water partition coefficient (Wildman–Crippen LogP) is 3.22. The van der Waals surface area contributed by atoms with Gasteiger partial charge in [0.15, 0.2) is 0 Å². The molecule has 0 aliphatic carbocycles. The molecule has 1 N–H and O–H groups in total. The van der Waals surface area contributed by atoms with Crippen molar-refractivity contribution in [2.45, 2.75) is 66.0 Å². The third-order valence-electron chi connectivity index (χ3n) is 2.41. The van der Waals surface area contributed by atoms with Gasteiger partial charge in [-0.15, -0.1) is 0 Å². The third-order valence-corrected chi connectivity index (χ3v) is 2.41. The summed E-state index contributed by atoms with van der Waals surface area (Å²) in [6.45, 7) is 15.1. The van der Waals surface area contributed by atoms with Crippen molar-refractivity contribution >= 4 is 0 Å². The van der Waals surface area contributed by atoms with Crippen LogP contribution in [0, 0.1) is 5.92 Å². The smallest absolute Gasteiger partial charge is 0.0722 e. The van der Waals surface area contributed by atoms with E-state index in [1.54, 1.807) is 0 Å². The SMILES string of the molecule is CCCCOC(CNC(C)(C)C)C(C)C. The summed E-state index contributed by atoms with van der Waals surface area (Å²) in [4.78, 5) is 0. The molecule has 0 saturated heterocycles. The van der Waals surface area contributed by atoms with Gasteiger partial charge in [0.25, 0.3) is 0 Å². The summed E-state index contributed by atoms with van der Waals surface area (Å²) in [7, 11) is 0. The lowest BCUT2D eigenvalue weighted by atomic mass is 10.0. The Kier molecular flexibility index (Phi) is 7.20. The minimum absolute atomic E-state index is 0.182. The molecule has 0 rings (SSSR count). The molecule has 0 aromatic rings. The van der Waals surface area contributed by atoms with Crippen LogP contribution in [0.3, 0.4) is 0 Å². The zero-order chi connectivity index (χ0) is 11.9. The second-order valence-corrected chi connectivity index (χ2v) is 5.64. The van der Waals surface area contributed by atoms with E-state index in [-0.39, 0.29) is 5.54 Å². The van der Waals surface area contributed by atoms with E-state index < -0.39 is 0 Å². The van der Waals surface area contributed by atoms with E-state index in [4.69, 9.17) is 4.74 Å². The number of nitrogens with one attached hydrogen (secondary N) is 1. The van der Waals surface area contributed by atoms with Crippen molar-refractivity contribution < 1.29 is 4.74 Å². The average molecular weight is 215 g/mol. The zero-order valence-corrected chi connectivity index (χ0v) is 11.4. The van der Waals surface area contributed by atoms with Gasteiger partial charge in [0.05, 0.1) is 6.10 Å². The van der Waals surface area contributed by atoms with Crippen LogP contribution < -0.4 is 5.32 Å². The fourth-order valence-corrected chi connectivity index (χ4v) is 1.27. The highest BCUT2D eigenvalue weighted by molar-refractivity contribution is 4.75. The summed E-state index contributed by atoms with van der Waals surface area (Å²) >= 11 is 0. The maximum atomic E-state index is 5.88. The van der Waals surface area contributed by atoms with Crippen molar-refractivity contribution in [3.63, 3.8) is 0 Å². The molecule has 2 nitrogen and oxygen atoms in total. The molecule has 0 aliphatic rings. The van der Waals surface area contributed by atoms with Gasteiger partial charge in [-0.2, -0.15) is 0 Å². The highest BCUT2D eigenvalue weighted by atomic mass is 16.5. The molecule has 0 saturated carbocycles. The first-order chi connectivity index (χ1) is 6.87. The number of hydrogen-bond donors (Lipinski definition) is 1. The Morgan fingerprint density at radius 2 is 1.80 bits per heavy atom. The molecular weight excluding hydrogens is 186 g/mol. The van der Waals surface area contributed by atoms with E-state index in [2.05, 4.69) is 46.9 Å². The van der Waals surface area contributed by atoms with Gasteiger partial charge in [-0.25, -0.2) is 0 Å². The quantitative estimate of drug-likeness (QED) is 0.658. The molecule has 0 heterocycles. The number of rotatable bonds is 7. The normalized spacial score (nSPS) is 14.6. The van der Waals surface area contributed by atoms with E-state index >= 15 is 0 Å². The largest absolute Gasteiger partial charge is 0.377 e. The molecular formula is C13H29NO. The van der Waals surface area contributed by atoms with Crippen LogP contribution in [0.15, 0.2) is 0 Å². The molecule has 1 unspecified atom stereocenters. The molecule has 0 fully saturated rings. The van der Waals surface area contributed by atoms with Crippen LogP contribution in [0.4, 0.5) is 0 Å². The standard InChI is InChI=1S/C13H29NO/c1-7-8-9-15-12(11(2)3)10-14-13(4,5)6/h11-12,14H,7-10H2,1-6H3. The van der Waals surface area contributed by atoms with Crippen LogP contribution in [-0.4, -0.2) is 24.8 Å². The van der Waals surface area contributed by atoms with Gasteiger partial charge in [-0.3, -0.25) is 0 Å². The number of unbranched alkanes of at least 4 members (excludes halogenated alkanes) is 1. The topological polar surface area (TPSA) is 21.3 Å². The fourth-order valence-electron chi connectivity index (χ4n) is 1.27. The molecule has 0 aromatic carbocycles. The van der Waals surface area contributed by atoms with Crippen molar-refractivity contribution in [3.8, 4) is 0 Å².